The van der Waals surface area contributed by atoms with Crippen LogP contribution in [-0.2, 0) is 0 Å². The summed E-state index contributed by atoms with van der Waals surface area (Å²) >= 11 is 0. The lowest BCUT2D eigenvalue weighted by Gasteiger charge is -2.07. The molecular weight excluding hydrogens is 282 g/mol. The standard InChI is InChI=1S/C17H11NO4/c1-2-10-4-3-5-12(8-10)18-15(19)13-7-6-11(17(21)22)9-14(13)16(18)20/h1,3-9,19-20H,(H,21,22). The van der Waals surface area contributed by atoms with Gasteiger partial charge in [0.2, 0.25) is 11.8 Å². The number of nitrogens with zero attached hydrogens (tertiary/aromatic N) is 1. The first-order chi connectivity index (χ1) is 10.5. The van der Waals surface area contributed by atoms with E-state index in [1.807, 2.05) is 0 Å². The second kappa shape index (κ2) is 4.86. The molecule has 0 saturated carbocycles. The van der Waals surface area contributed by atoms with Crippen LogP contribution in [0.4, 0.5) is 0 Å². The first-order valence-corrected chi connectivity index (χ1v) is 6.39. The van der Waals surface area contributed by atoms with Gasteiger partial charge in [0.1, 0.15) is 0 Å². The number of benzene rings is 2. The van der Waals surface area contributed by atoms with Crippen LogP contribution in [-0.4, -0.2) is 25.9 Å². The highest BCUT2D eigenvalue weighted by atomic mass is 16.4. The number of fused-ring (bicyclic) bond motifs is 1. The third-order valence-electron chi connectivity index (χ3n) is 3.44. The molecule has 22 heavy (non-hydrogen) atoms. The topological polar surface area (TPSA) is 82.7 Å². The Bertz CT molecular complexity index is 947. The molecule has 1 heterocycles. The van der Waals surface area contributed by atoms with Gasteiger partial charge >= 0.3 is 5.97 Å². The third kappa shape index (κ3) is 1.95. The molecule has 0 spiro atoms. The van der Waals surface area contributed by atoms with Crippen LogP contribution in [0.5, 0.6) is 11.8 Å². The summed E-state index contributed by atoms with van der Waals surface area (Å²) in [6.45, 7) is 0. The fourth-order valence-corrected chi connectivity index (χ4v) is 2.38. The molecule has 0 radical (unpaired) electrons. The monoisotopic (exact) mass is 293 g/mol. The molecule has 0 saturated heterocycles. The first kappa shape index (κ1) is 13.6. The Balaban J connectivity index is 2.30. The summed E-state index contributed by atoms with van der Waals surface area (Å²) in [6, 6.07) is 10.9. The fourth-order valence-electron chi connectivity index (χ4n) is 2.38. The number of carboxylic acid groups (broad SMARTS) is 1. The fraction of sp³-hybridized carbons (Fsp3) is 0. The number of aromatic hydroxyl groups is 2. The molecule has 108 valence electrons. The lowest BCUT2D eigenvalue weighted by atomic mass is 10.1. The Morgan fingerprint density at radius 1 is 1.05 bits per heavy atom. The molecule has 0 atom stereocenters. The Morgan fingerprint density at radius 2 is 1.77 bits per heavy atom. The van der Waals surface area contributed by atoms with E-state index >= 15 is 0 Å². The van der Waals surface area contributed by atoms with E-state index in [2.05, 4.69) is 5.92 Å². The van der Waals surface area contributed by atoms with E-state index in [0.717, 1.165) is 0 Å². The summed E-state index contributed by atoms with van der Waals surface area (Å²) < 4.78 is 1.22. The predicted molar refractivity (Wildman–Crippen MR) is 81.5 cm³/mol. The van der Waals surface area contributed by atoms with Crippen molar-refractivity contribution in [3.05, 3.63) is 53.6 Å². The summed E-state index contributed by atoms with van der Waals surface area (Å²) in [7, 11) is 0. The Hall–Kier alpha value is -3.39. The smallest absolute Gasteiger partial charge is 0.335 e. The summed E-state index contributed by atoms with van der Waals surface area (Å²) in [6.07, 6.45) is 5.35. The molecule has 0 fully saturated rings. The second-order valence-electron chi connectivity index (χ2n) is 4.74. The molecule has 5 nitrogen and oxygen atoms in total. The maximum atomic E-state index is 11.0. The van der Waals surface area contributed by atoms with E-state index in [9.17, 15) is 15.0 Å². The zero-order valence-corrected chi connectivity index (χ0v) is 11.3. The van der Waals surface area contributed by atoms with Gasteiger partial charge in [-0.25, -0.2) is 4.79 Å². The highest BCUT2D eigenvalue weighted by Crippen LogP contribution is 2.39. The summed E-state index contributed by atoms with van der Waals surface area (Å²) in [5.74, 6) is 0.944. The SMILES string of the molecule is C#Cc1cccc(-n2c(O)c3ccc(C(=O)O)cc3c2O)c1. The average Bonchev–Trinajstić information content (AvgIpc) is 2.78. The van der Waals surface area contributed by atoms with Crippen molar-refractivity contribution in [1.82, 2.24) is 4.57 Å². The van der Waals surface area contributed by atoms with Crippen LogP contribution in [0.15, 0.2) is 42.5 Å². The molecule has 5 heteroatoms. The number of hydrogen-bond donors (Lipinski definition) is 3. The lowest BCUT2D eigenvalue weighted by Crippen LogP contribution is -1.94. The van der Waals surface area contributed by atoms with Crippen LogP contribution < -0.4 is 0 Å². The maximum Gasteiger partial charge on any atom is 0.335 e. The first-order valence-electron chi connectivity index (χ1n) is 6.39. The quantitative estimate of drug-likeness (QED) is 0.634. The van der Waals surface area contributed by atoms with Crippen LogP contribution in [0.25, 0.3) is 16.5 Å². The largest absolute Gasteiger partial charge is 0.494 e. The molecule has 0 aliphatic heterocycles. The van der Waals surface area contributed by atoms with Crippen molar-refractivity contribution in [2.75, 3.05) is 0 Å². The van der Waals surface area contributed by atoms with Crippen molar-refractivity contribution >= 4 is 16.7 Å². The number of rotatable bonds is 2. The van der Waals surface area contributed by atoms with E-state index in [-0.39, 0.29) is 22.7 Å². The number of hydrogen-bond acceptors (Lipinski definition) is 3. The number of terminal acetylenes is 1. The minimum Gasteiger partial charge on any atom is -0.494 e. The normalized spacial score (nSPS) is 10.5. The minimum atomic E-state index is -1.11. The van der Waals surface area contributed by atoms with Gasteiger partial charge in [0.05, 0.1) is 11.3 Å². The maximum absolute atomic E-state index is 11.0. The van der Waals surface area contributed by atoms with E-state index in [0.29, 0.717) is 16.6 Å². The predicted octanol–water partition coefficient (Wildman–Crippen LogP) is 2.72. The van der Waals surface area contributed by atoms with Gasteiger partial charge in [-0.15, -0.1) is 6.42 Å². The zero-order valence-electron chi connectivity index (χ0n) is 11.3. The molecular formula is C17H11NO4. The molecule has 3 N–H and O–H groups in total. The molecule has 2 aromatic carbocycles. The van der Waals surface area contributed by atoms with E-state index in [1.165, 1.54) is 22.8 Å². The van der Waals surface area contributed by atoms with Crippen molar-refractivity contribution in [3.63, 3.8) is 0 Å². The summed E-state index contributed by atoms with van der Waals surface area (Å²) in [5.41, 5.74) is 1.11. The van der Waals surface area contributed by atoms with Crippen molar-refractivity contribution < 1.29 is 20.1 Å². The van der Waals surface area contributed by atoms with Gasteiger partial charge in [-0.1, -0.05) is 12.0 Å². The summed E-state index contributed by atoms with van der Waals surface area (Å²) in [4.78, 5) is 11.0. The van der Waals surface area contributed by atoms with Gasteiger partial charge in [-0.2, -0.15) is 0 Å². The highest BCUT2D eigenvalue weighted by molar-refractivity contribution is 5.99. The van der Waals surface area contributed by atoms with Crippen LogP contribution in [0.3, 0.4) is 0 Å². The second-order valence-corrected chi connectivity index (χ2v) is 4.74. The van der Waals surface area contributed by atoms with Crippen LogP contribution in [0.2, 0.25) is 0 Å². The van der Waals surface area contributed by atoms with E-state index in [4.69, 9.17) is 11.5 Å². The number of carbonyl (C=O) groups is 1. The average molecular weight is 293 g/mol. The lowest BCUT2D eigenvalue weighted by molar-refractivity contribution is 0.0697. The molecule has 1 aromatic heterocycles. The highest BCUT2D eigenvalue weighted by Gasteiger charge is 2.18. The molecule has 3 aromatic rings. The van der Waals surface area contributed by atoms with Crippen LogP contribution in [0, 0.1) is 12.3 Å². The van der Waals surface area contributed by atoms with Gasteiger partial charge in [-0.3, -0.25) is 4.57 Å². The van der Waals surface area contributed by atoms with Gasteiger partial charge in [0, 0.05) is 16.3 Å². The third-order valence-corrected chi connectivity index (χ3v) is 3.44. The molecule has 0 aliphatic carbocycles. The van der Waals surface area contributed by atoms with Gasteiger partial charge in [-0.05, 0) is 36.4 Å². The van der Waals surface area contributed by atoms with Gasteiger partial charge in [0.15, 0.2) is 0 Å². The Morgan fingerprint density at radius 3 is 2.45 bits per heavy atom. The number of aromatic carboxylic acids is 1. The van der Waals surface area contributed by atoms with E-state index in [1.54, 1.807) is 24.3 Å². The molecule has 0 aliphatic rings. The van der Waals surface area contributed by atoms with Crippen molar-refractivity contribution in [3.8, 4) is 29.8 Å². The minimum absolute atomic E-state index is 0.0253. The molecule has 0 bridgehead atoms. The van der Waals surface area contributed by atoms with Gasteiger partial charge in [0.25, 0.3) is 0 Å². The van der Waals surface area contributed by atoms with Crippen molar-refractivity contribution in [1.29, 1.82) is 0 Å². The Kier molecular flexibility index (Phi) is 3.00. The van der Waals surface area contributed by atoms with Crippen molar-refractivity contribution in [2.24, 2.45) is 0 Å². The van der Waals surface area contributed by atoms with Gasteiger partial charge < -0.3 is 15.3 Å². The molecule has 3 rings (SSSR count). The van der Waals surface area contributed by atoms with Crippen LogP contribution in [0.1, 0.15) is 15.9 Å². The van der Waals surface area contributed by atoms with E-state index < -0.39 is 5.97 Å². The van der Waals surface area contributed by atoms with Crippen molar-refractivity contribution in [2.45, 2.75) is 0 Å². The summed E-state index contributed by atoms with van der Waals surface area (Å²) in [5, 5.41) is 30.3. The Labute approximate surface area is 125 Å². The zero-order chi connectivity index (χ0) is 15.9. The molecule has 0 unspecified atom stereocenters. The van der Waals surface area contributed by atoms with Crippen LogP contribution >= 0.6 is 0 Å². The number of carboxylic acids is 1. The number of aromatic nitrogens is 1. The molecule has 0 amide bonds.